The summed E-state index contributed by atoms with van der Waals surface area (Å²) in [5.74, 6) is 0. The Bertz CT molecular complexity index is 123. The summed E-state index contributed by atoms with van der Waals surface area (Å²) in [7, 11) is 0.106. The summed E-state index contributed by atoms with van der Waals surface area (Å²) in [5, 5.41) is 3.84. The minimum atomic E-state index is 0.106. The van der Waals surface area contributed by atoms with Gasteiger partial charge >= 0.3 is 0 Å². The molecule has 80 valence electrons. The lowest BCUT2D eigenvalue weighted by molar-refractivity contribution is 0.609. The first-order valence-corrected chi connectivity index (χ1v) is 7.47. The first-order chi connectivity index (χ1) is 5.95. The zero-order valence-corrected chi connectivity index (χ0v) is 11.7. The maximum absolute atomic E-state index is 6.04. The Morgan fingerprint density at radius 2 is 2.00 bits per heavy atom. The van der Waals surface area contributed by atoms with Crippen LogP contribution in [0.1, 0.15) is 40.5 Å². The summed E-state index contributed by atoms with van der Waals surface area (Å²) in [6.07, 6.45) is 2.42. The maximum atomic E-state index is 6.04. The molecule has 13 heavy (non-hydrogen) atoms. The average Bonchev–Trinajstić information content (AvgIpc) is 1.97. The van der Waals surface area contributed by atoms with Gasteiger partial charge in [-0.25, -0.2) is 0 Å². The summed E-state index contributed by atoms with van der Waals surface area (Å²) in [4.78, 5) is 0. The Morgan fingerprint density at radius 3 is 2.46 bits per heavy atom. The molecular formula is C10H24ClNSi. The molecule has 0 bridgehead atoms. The highest BCUT2D eigenvalue weighted by atomic mass is 35.5. The molecule has 0 aromatic heterocycles. The molecule has 0 aromatic rings. The molecule has 0 aromatic carbocycles. The molecule has 0 heterocycles. The van der Waals surface area contributed by atoms with Gasteiger partial charge in [0, 0.05) is 9.52 Å². The fraction of sp³-hybridized carbons (Fsp3) is 1.00. The van der Waals surface area contributed by atoms with Crippen molar-refractivity contribution in [2.45, 2.75) is 57.1 Å². The molecule has 0 fully saturated rings. The van der Waals surface area contributed by atoms with Crippen LogP contribution in [-0.2, 0) is 0 Å². The van der Waals surface area contributed by atoms with E-state index in [1.165, 1.54) is 12.5 Å². The van der Waals surface area contributed by atoms with E-state index < -0.39 is 0 Å². The van der Waals surface area contributed by atoms with Crippen LogP contribution >= 0.6 is 11.6 Å². The molecule has 3 heteroatoms. The quantitative estimate of drug-likeness (QED) is 0.315. The minimum Gasteiger partial charge on any atom is -0.302 e. The van der Waals surface area contributed by atoms with Crippen molar-refractivity contribution in [1.82, 2.24) is 5.32 Å². The van der Waals surface area contributed by atoms with E-state index in [2.05, 4.69) is 33.0 Å². The Balaban J connectivity index is 3.25. The molecule has 0 saturated carbocycles. The lowest BCUT2D eigenvalue weighted by atomic mass is 10.2. The maximum Gasteiger partial charge on any atom is 0.0825 e. The van der Waals surface area contributed by atoms with Gasteiger partial charge in [0.2, 0.25) is 0 Å². The van der Waals surface area contributed by atoms with Crippen molar-refractivity contribution in [3.63, 3.8) is 0 Å². The van der Waals surface area contributed by atoms with Crippen molar-refractivity contribution < 1.29 is 0 Å². The monoisotopic (exact) mass is 221 g/mol. The number of nitrogens with one attached hydrogen (secondary N) is 1. The number of alkyl halides is 1. The first kappa shape index (κ1) is 13.5. The molecule has 1 atom stereocenters. The largest absolute Gasteiger partial charge is 0.302 e. The van der Waals surface area contributed by atoms with E-state index in [9.17, 15) is 0 Å². The first-order valence-electron chi connectivity index (χ1n) is 5.33. The second-order valence-corrected chi connectivity index (χ2v) is 8.69. The van der Waals surface area contributed by atoms with Crippen LogP contribution in [0.25, 0.3) is 0 Å². The van der Waals surface area contributed by atoms with E-state index in [1.54, 1.807) is 0 Å². The molecule has 0 amide bonds. The topological polar surface area (TPSA) is 12.0 Å². The van der Waals surface area contributed by atoms with Crippen LogP contribution in [0.15, 0.2) is 0 Å². The summed E-state index contributed by atoms with van der Waals surface area (Å²) in [5.41, 5.74) is 0.193. The fourth-order valence-corrected chi connectivity index (χ4v) is 3.21. The SMILES string of the molecule is CCNC(Cl)CCC[SiH2]C(C)(C)C. The third kappa shape index (κ3) is 10.4. The van der Waals surface area contributed by atoms with Crippen molar-refractivity contribution in [3.8, 4) is 0 Å². The van der Waals surface area contributed by atoms with Crippen molar-refractivity contribution >= 4 is 21.1 Å². The van der Waals surface area contributed by atoms with Crippen LogP contribution in [0, 0.1) is 0 Å². The molecule has 1 nitrogen and oxygen atoms in total. The van der Waals surface area contributed by atoms with Crippen molar-refractivity contribution in [1.29, 1.82) is 0 Å². The number of hydrogen-bond acceptors (Lipinski definition) is 1. The van der Waals surface area contributed by atoms with E-state index in [4.69, 9.17) is 11.6 Å². The molecule has 0 aliphatic heterocycles. The lowest BCUT2D eigenvalue weighted by Gasteiger charge is -2.17. The van der Waals surface area contributed by atoms with E-state index in [-0.39, 0.29) is 15.0 Å². The predicted molar refractivity (Wildman–Crippen MR) is 65.6 cm³/mol. The molecule has 0 saturated heterocycles. The standard InChI is InChI=1S/C10H24ClNSi/c1-5-12-9(11)7-6-8-13-10(2,3)4/h9,12H,5-8,13H2,1-4H3. The van der Waals surface area contributed by atoms with Crippen LogP contribution in [0.2, 0.25) is 11.1 Å². The third-order valence-corrected chi connectivity index (χ3v) is 4.79. The normalized spacial score (nSPS) is 15.5. The highest BCUT2D eigenvalue weighted by molar-refractivity contribution is 6.39. The Kier molecular flexibility index (Phi) is 7.10. The highest BCUT2D eigenvalue weighted by Gasteiger charge is 2.10. The second-order valence-electron chi connectivity index (χ2n) is 4.83. The lowest BCUT2D eigenvalue weighted by Crippen LogP contribution is -2.23. The van der Waals surface area contributed by atoms with Gasteiger partial charge < -0.3 is 5.32 Å². The van der Waals surface area contributed by atoms with Crippen LogP contribution < -0.4 is 5.32 Å². The molecule has 0 spiro atoms. The zero-order chi connectivity index (χ0) is 10.3. The third-order valence-electron chi connectivity index (χ3n) is 2.06. The van der Waals surface area contributed by atoms with Gasteiger partial charge in [-0.3, -0.25) is 0 Å². The molecule has 0 rings (SSSR count). The molecular weight excluding hydrogens is 198 g/mol. The fourth-order valence-electron chi connectivity index (χ4n) is 1.30. The van der Waals surface area contributed by atoms with Crippen molar-refractivity contribution in [2.75, 3.05) is 6.54 Å². The molecule has 0 radical (unpaired) electrons. The Hall–Kier alpha value is 0.467. The average molecular weight is 222 g/mol. The van der Waals surface area contributed by atoms with Crippen LogP contribution in [0.5, 0.6) is 0 Å². The second kappa shape index (κ2) is 6.85. The van der Waals surface area contributed by atoms with E-state index >= 15 is 0 Å². The summed E-state index contributed by atoms with van der Waals surface area (Å²) in [6.45, 7) is 10.1. The van der Waals surface area contributed by atoms with Gasteiger partial charge in [-0.2, -0.15) is 0 Å². The summed E-state index contributed by atoms with van der Waals surface area (Å²) in [6, 6.07) is 1.43. The van der Waals surface area contributed by atoms with Gasteiger partial charge in [0.1, 0.15) is 0 Å². The molecule has 0 aliphatic rings. The number of rotatable bonds is 6. The van der Waals surface area contributed by atoms with Gasteiger partial charge in [-0.15, -0.1) is 11.6 Å². The minimum absolute atomic E-state index is 0.106. The van der Waals surface area contributed by atoms with Gasteiger partial charge in [0.05, 0.1) is 5.50 Å². The van der Waals surface area contributed by atoms with Gasteiger partial charge in [-0.1, -0.05) is 40.2 Å². The van der Waals surface area contributed by atoms with E-state index in [0.717, 1.165) is 13.0 Å². The van der Waals surface area contributed by atoms with Crippen LogP contribution in [-0.4, -0.2) is 21.6 Å². The Morgan fingerprint density at radius 1 is 1.38 bits per heavy atom. The Labute approximate surface area is 90.5 Å². The predicted octanol–water partition coefficient (Wildman–Crippen LogP) is 2.75. The van der Waals surface area contributed by atoms with Crippen LogP contribution in [0.4, 0.5) is 0 Å². The van der Waals surface area contributed by atoms with Crippen LogP contribution in [0.3, 0.4) is 0 Å². The smallest absolute Gasteiger partial charge is 0.0825 e. The highest BCUT2D eigenvalue weighted by Crippen LogP contribution is 2.22. The molecule has 1 N–H and O–H groups in total. The molecule has 0 aliphatic carbocycles. The van der Waals surface area contributed by atoms with E-state index in [0.29, 0.717) is 5.04 Å². The van der Waals surface area contributed by atoms with Crippen molar-refractivity contribution in [3.05, 3.63) is 0 Å². The summed E-state index contributed by atoms with van der Waals surface area (Å²) >= 11 is 6.04. The number of halogens is 1. The van der Waals surface area contributed by atoms with E-state index in [1.807, 2.05) is 0 Å². The zero-order valence-electron chi connectivity index (χ0n) is 9.49. The summed E-state index contributed by atoms with van der Waals surface area (Å²) < 4.78 is 0. The number of hydrogen-bond donors (Lipinski definition) is 1. The van der Waals surface area contributed by atoms with Gasteiger partial charge in [0.15, 0.2) is 0 Å². The molecule has 1 unspecified atom stereocenters. The van der Waals surface area contributed by atoms with Gasteiger partial charge in [-0.05, 0) is 18.0 Å². The van der Waals surface area contributed by atoms with Gasteiger partial charge in [0.25, 0.3) is 0 Å². The van der Waals surface area contributed by atoms with Crippen molar-refractivity contribution in [2.24, 2.45) is 0 Å².